The van der Waals surface area contributed by atoms with Gasteiger partial charge >= 0.3 is 0 Å². The molecule has 6 heteroatoms. The van der Waals surface area contributed by atoms with E-state index in [1.54, 1.807) is 6.92 Å². The molecule has 0 bridgehead atoms. The molecule has 28 heavy (non-hydrogen) atoms. The first-order valence-corrected chi connectivity index (χ1v) is 8.71. The Kier molecular flexibility index (Phi) is 5.60. The Balaban J connectivity index is 1.85. The highest BCUT2D eigenvalue weighted by atomic mass is 16.2. The van der Waals surface area contributed by atoms with E-state index in [0.717, 1.165) is 16.7 Å². The number of nitrogens with one attached hydrogen (secondary N) is 2. The van der Waals surface area contributed by atoms with Crippen LogP contribution >= 0.6 is 0 Å². The van der Waals surface area contributed by atoms with Gasteiger partial charge in [0.2, 0.25) is 5.91 Å². The van der Waals surface area contributed by atoms with E-state index in [1.165, 1.54) is 18.5 Å². The third-order valence-corrected chi connectivity index (χ3v) is 4.19. The van der Waals surface area contributed by atoms with Crippen molar-refractivity contribution in [3.8, 4) is 11.1 Å². The van der Waals surface area contributed by atoms with E-state index in [-0.39, 0.29) is 11.8 Å². The fourth-order valence-corrected chi connectivity index (χ4v) is 2.77. The molecule has 0 unspecified atom stereocenters. The zero-order valence-corrected chi connectivity index (χ0v) is 15.7. The van der Waals surface area contributed by atoms with Gasteiger partial charge in [0.1, 0.15) is 5.82 Å². The quantitative estimate of drug-likeness (QED) is 0.660. The summed E-state index contributed by atoms with van der Waals surface area (Å²) < 4.78 is 0. The predicted octanol–water partition coefficient (Wildman–Crippen LogP) is 4.14. The van der Waals surface area contributed by atoms with Crippen molar-refractivity contribution in [2.24, 2.45) is 0 Å². The maximum absolute atomic E-state index is 12.4. The summed E-state index contributed by atoms with van der Waals surface area (Å²) in [5.41, 5.74) is 4.56. The summed E-state index contributed by atoms with van der Waals surface area (Å²) in [6.07, 6.45) is 4.23. The lowest BCUT2D eigenvalue weighted by molar-refractivity contribution is -0.111. The number of aryl methyl sites for hydroxylation is 2. The van der Waals surface area contributed by atoms with Crippen LogP contribution in [-0.4, -0.2) is 21.8 Å². The monoisotopic (exact) mass is 372 g/mol. The molecule has 0 spiro atoms. The van der Waals surface area contributed by atoms with Gasteiger partial charge in [-0.2, -0.15) is 0 Å². The third-order valence-electron chi connectivity index (χ3n) is 4.19. The molecular weight excluding hydrogens is 352 g/mol. The van der Waals surface area contributed by atoms with Crippen LogP contribution in [0, 0.1) is 13.8 Å². The van der Waals surface area contributed by atoms with Crippen LogP contribution in [0.15, 0.2) is 67.5 Å². The standard InChI is InChI=1S/C22H20N4O2/c1-4-21(27)26-20-8-6-5-7-19(20)18-10-9-17(11-14(18)2)25-22(28)16-12-23-15(3)24-13-16/h4-13H,1H2,2-3H3,(H,25,28)(H,26,27). The lowest BCUT2D eigenvalue weighted by atomic mass is 9.98. The molecule has 0 fully saturated rings. The van der Waals surface area contributed by atoms with Gasteiger partial charge in [-0.05, 0) is 49.2 Å². The maximum atomic E-state index is 12.4. The highest BCUT2D eigenvalue weighted by Crippen LogP contribution is 2.32. The van der Waals surface area contributed by atoms with Crippen molar-refractivity contribution >= 4 is 23.2 Å². The molecule has 0 aliphatic heterocycles. The minimum Gasteiger partial charge on any atom is -0.322 e. The van der Waals surface area contributed by atoms with Crippen molar-refractivity contribution in [1.82, 2.24) is 9.97 Å². The van der Waals surface area contributed by atoms with E-state index in [1.807, 2.05) is 49.4 Å². The molecule has 3 aromatic rings. The zero-order chi connectivity index (χ0) is 20.1. The molecule has 1 heterocycles. The molecule has 0 saturated heterocycles. The molecule has 0 aliphatic rings. The average Bonchev–Trinajstić information content (AvgIpc) is 2.69. The third kappa shape index (κ3) is 4.29. The van der Waals surface area contributed by atoms with Crippen LogP contribution in [0.2, 0.25) is 0 Å². The van der Waals surface area contributed by atoms with Gasteiger partial charge in [0.15, 0.2) is 0 Å². The smallest absolute Gasteiger partial charge is 0.258 e. The van der Waals surface area contributed by atoms with Gasteiger partial charge in [-0.15, -0.1) is 0 Å². The molecule has 2 N–H and O–H groups in total. The minimum absolute atomic E-state index is 0.269. The van der Waals surface area contributed by atoms with E-state index >= 15 is 0 Å². The van der Waals surface area contributed by atoms with E-state index in [4.69, 9.17) is 0 Å². The van der Waals surface area contributed by atoms with Crippen molar-refractivity contribution in [3.63, 3.8) is 0 Å². The predicted molar refractivity (Wildman–Crippen MR) is 110 cm³/mol. The van der Waals surface area contributed by atoms with Crippen molar-refractivity contribution in [2.45, 2.75) is 13.8 Å². The van der Waals surface area contributed by atoms with Crippen LogP contribution in [0.5, 0.6) is 0 Å². The van der Waals surface area contributed by atoms with Gasteiger partial charge in [-0.3, -0.25) is 9.59 Å². The number of anilines is 2. The molecule has 0 atom stereocenters. The first-order chi connectivity index (χ1) is 13.5. The Labute approximate surface area is 163 Å². The molecule has 0 saturated carbocycles. The molecule has 140 valence electrons. The molecule has 2 aromatic carbocycles. The number of para-hydroxylation sites is 1. The Morgan fingerprint density at radius 1 is 0.964 bits per heavy atom. The lowest BCUT2D eigenvalue weighted by Crippen LogP contribution is -2.13. The fourth-order valence-electron chi connectivity index (χ4n) is 2.77. The van der Waals surface area contributed by atoms with Crippen molar-refractivity contribution < 1.29 is 9.59 Å². The van der Waals surface area contributed by atoms with E-state index in [2.05, 4.69) is 27.2 Å². The number of amides is 2. The van der Waals surface area contributed by atoms with Crippen molar-refractivity contribution in [2.75, 3.05) is 10.6 Å². The topological polar surface area (TPSA) is 84.0 Å². The van der Waals surface area contributed by atoms with Crippen LogP contribution in [0.1, 0.15) is 21.7 Å². The summed E-state index contributed by atoms with van der Waals surface area (Å²) in [4.78, 5) is 32.1. The molecule has 3 rings (SSSR count). The number of hydrogen-bond donors (Lipinski definition) is 2. The lowest BCUT2D eigenvalue weighted by Gasteiger charge is -2.14. The first-order valence-electron chi connectivity index (χ1n) is 8.71. The minimum atomic E-state index is -0.272. The number of rotatable bonds is 5. The normalized spacial score (nSPS) is 10.2. The summed E-state index contributed by atoms with van der Waals surface area (Å²) in [5, 5.41) is 5.67. The largest absolute Gasteiger partial charge is 0.322 e. The second kappa shape index (κ2) is 8.26. The Morgan fingerprint density at radius 3 is 2.36 bits per heavy atom. The Morgan fingerprint density at radius 2 is 1.68 bits per heavy atom. The van der Waals surface area contributed by atoms with E-state index < -0.39 is 0 Å². The van der Waals surface area contributed by atoms with Crippen LogP contribution < -0.4 is 10.6 Å². The van der Waals surface area contributed by atoms with Crippen LogP contribution in [0.3, 0.4) is 0 Å². The van der Waals surface area contributed by atoms with Gasteiger partial charge in [-0.1, -0.05) is 30.8 Å². The van der Waals surface area contributed by atoms with Gasteiger partial charge in [-0.25, -0.2) is 9.97 Å². The molecule has 1 aromatic heterocycles. The molecule has 6 nitrogen and oxygen atoms in total. The van der Waals surface area contributed by atoms with Crippen molar-refractivity contribution in [3.05, 3.63) is 84.5 Å². The van der Waals surface area contributed by atoms with Crippen LogP contribution in [-0.2, 0) is 4.79 Å². The molecule has 2 amide bonds. The second-order valence-corrected chi connectivity index (χ2v) is 6.24. The van der Waals surface area contributed by atoms with E-state index in [0.29, 0.717) is 22.8 Å². The van der Waals surface area contributed by atoms with Crippen molar-refractivity contribution in [1.29, 1.82) is 0 Å². The molecule has 0 aliphatic carbocycles. The van der Waals surface area contributed by atoms with Gasteiger partial charge in [0, 0.05) is 29.3 Å². The van der Waals surface area contributed by atoms with Gasteiger partial charge < -0.3 is 10.6 Å². The number of carbonyl (C=O) groups excluding carboxylic acids is 2. The summed E-state index contributed by atoms with van der Waals surface area (Å²) in [6, 6.07) is 13.2. The summed E-state index contributed by atoms with van der Waals surface area (Å²) in [6.45, 7) is 7.20. The first kappa shape index (κ1) is 19.0. The number of aromatic nitrogens is 2. The zero-order valence-electron chi connectivity index (χ0n) is 15.7. The SMILES string of the molecule is C=CC(=O)Nc1ccccc1-c1ccc(NC(=O)c2cnc(C)nc2)cc1C. The number of hydrogen-bond acceptors (Lipinski definition) is 4. The maximum Gasteiger partial charge on any atom is 0.258 e. The highest BCUT2D eigenvalue weighted by Gasteiger charge is 2.11. The summed E-state index contributed by atoms with van der Waals surface area (Å²) in [7, 11) is 0. The highest BCUT2D eigenvalue weighted by molar-refractivity contribution is 6.04. The van der Waals surface area contributed by atoms with Crippen LogP contribution in [0.25, 0.3) is 11.1 Å². The Bertz CT molecular complexity index is 1040. The molecule has 0 radical (unpaired) electrons. The second-order valence-electron chi connectivity index (χ2n) is 6.24. The summed E-state index contributed by atoms with van der Waals surface area (Å²) in [5.74, 6) is 0.0686. The Hall–Kier alpha value is -3.80. The number of nitrogens with zero attached hydrogens (tertiary/aromatic N) is 2. The van der Waals surface area contributed by atoms with E-state index in [9.17, 15) is 9.59 Å². The van der Waals surface area contributed by atoms with Gasteiger partial charge in [0.05, 0.1) is 5.56 Å². The number of benzene rings is 2. The number of carbonyl (C=O) groups is 2. The van der Waals surface area contributed by atoms with Crippen LogP contribution in [0.4, 0.5) is 11.4 Å². The van der Waals surface area contributed by atoms with Gasteiger partial charge in [0.25, 0.3) is 5.91 Å². The summed E-state index contributed by atoms with van der Waals surface area (Å²) >= 11 is 0. The molecular formula is C22H20N4O2. The average molecular weight is 372 g/mol. The fraction of sp³-hybridized carbons (Fsp3) is 0.0909.